The minimum absolute atomic E-state index is 0.801. The Balaban J connectivity index is 1.43. The number of pyridine rings is 1. The van der Waals surface area contributed by atoms with Crippen LogP contribution >= 0.6 is 0 Å². The molecule has 0 radical (unpaired) electrons. The summed E-state index contributed by atoms with van der Waals surface area (Å²) in [6.07, 6.45) is 9.00. The minimum atomic E-state index is 0.801. The summed E-state index contributed by atoms with van der Waals surface area (Å²) < 4.78 is 0. The first-order valence-corrected chi connectivity index (χ1v) is 8.76. The highest BCUT2D eigenvalue weighted by molar-refractivity contribution is 5.07. The highest BCUT2D eigenvalue weighted by atomic mass is 15.2. The predicted octanol–water partition coefficient (Wildman–Crippen LogP) is 2.68. The van der Waals surface area contributed by atoms with Gasteiger partial charge in [-0.3, -0.25) is 9.88 Å². The number of fused-ring (bicyclic) bond motifs is 1. The molecule has 1 N–H and O–H groups in total. The molecule has 1 aliphatic heterocycles. The van der Waals surface area contributed by atoms with Crippen LogP contribution < -0.4 is 5.32 Å². The van der Waals surface area contributed by atoms with Crippen LogP contribution in [0.2, 0.25) is 0 Å². The van der Waals surface area contributed by atoms with E-state index >= 15 is 0 Å². The average Bonchev–Trinajstić information content (AvgIpc) is 2.97. The van der Waals surface area contributed by atoms with Crippen LogP contribution in [-0.2, 0) is 6.54 Å². The number of hydrogen-bond donors (Lipinski definition) is 1. The highest BCUT2D eigenvalue weighted by Crippen LogP contribution is 2.49. The number of nitrogens with zero attached hydrogens (tertiary/aromatic N) is 2. The number of rotatable bonds is 5. The summed E-state index contributed by atoms with van der Waals surface area (Å²) in [4.78, 5) is 7.33. The van der Waals surface area contributed by atoms with Gasteiger partial charge in [-0.1, -0.05) is 25.3 Å². The molecule has 1 aromatic heterocycles. The van der Waals surface area contributed by atoms with Crippen LogP contribution in [0.15, 0.2) is 24.4 Å². The molecule has 0 bridgehead atoms. The van der Waals surface area contributed by atoms with Crippen LogP contribution in [0.4, 0.5) is 0 Å². The Kier molecular flexibility index (Phi) is 3.95. The fourth-order valence-corrected chi connectivity index (χ4v) is 4.58. The van der Waals surface area contributed by atoms with Crippen LogP contribution in [0.1, 0.15) is 37.8 Å². The molecule has 3 atom stereocenters. The van der Waals surface area contributed by atoms with Gasteiger partial charge >= 0.3 is 0 Å². The molecule has 21 heavy (non-hydrogen) atoms. The zero-order chi connectivity index (χ0) is 14.1. The third-order valence-corrected chi connectivity index (χ3v) is 5.90. The monoisotopic (exact) mass is 285 g/mol. The van der Waals surface area contributed by atoms with Crippen molar-refractivity contribution < 1.29 is 0 Å². The zero-order valence-electron chi connectivity index (χ0n) is 12.9. The van der Waals surface area contributed by atoms with Gasteiger partial charge in [-0.25, -0.2) is 0 Å². The Morgan fingerprint density at radius 2 is 1.90 bits per heavy atom. The van der Waals surface area contributed by atoms with Crippen molar-refractivity contribution in [3.63, 3.8) is 0 Å². The van der Waals surface area contributed by atoms with E-state index in [1.54, 1.807) is 0 Å². The lowest BCUT2D eigenvalue weighted by Gasteiger charge is -2.34. The van der Waals surface area contributed by atoms with Gasteiger partial charge in [-0.05, 0) is 55.8 Å². The van der Waals surface area contributed by atoms with E-state index in [4.69, 9.17) is 0 Å². The third kappa shape index (κ3) is 3.00. The molecule has 0 spiro atoms. The second kappa shape index (κ2) is 6.05. The maximum atomic E-state index is 4.56. The van der Waals surface area contributed by atoms with Gasteiger partial charge < -0.3 is 5.32 Å². The smallest absolute Gasteiger partial charge is 0.0544 e. The van der Waals surface area contributed by atoms with Crippen LogP contribution in [0, 0.1) is 17.8 Å². The topological polar surface area (TPSA) is 28.2 Å². The van der Waals surface area contributed by atoms with E-state index in [9.17, 15) is 0 Å². The molecule has 0 amide bonds. The molecule has 1 saturated heterocycles. The van der Waals surface area contributed by atoms with Crippen LogP contribution in [0.3, 0.4) is 0 Å². The van der Waals surface area contributed by atoms with Crippen molar-refractivity contribution in [3.05, 3.63) is 30.1 Å². The summed E-state index contributed by atoms with van der Waals surface area (Å²) in [5.41, 5.74) is 1.24. The molecule has 1 unspecified atom stereocenters. The Morgan fingerprint density at radius 3 is 2.62 bits per heavy atom. The van der Waals surface area contributed by atoms with E-state index in [-0.39, 0.29) is 0 Å². The molecule has 4 rings (SSSR count). The molecule has 3 heteroatoms. The molecule has 2 saturated carbocycles. The Labute approximate surface area is 128 Å². The number of nitrogens with one attached hydrogen (secondary N) is 1. The van der Waals surface area contributed by atoms with Gasteiger partial charge in [0, 0.05) is 25.3 Å². The molecular weight excluding hydrogens is 258 g/mol. The maximum Gasteiger partial charge on any atom is 0.0544 e. The first-order valence-electron chi connectivity index (χ1n) is 8.76. The standard InChI is InChI=1S/C18H27N3/c1-2-7-15(8-3-1)21(12-14-6-4-5-9-20-14)13-18-16-10-19-11-17(16)18/h4-6,9,15-19H,1-3,7-8,10-13H2/t16-,17+,18?. The molecule has 3 nitrogen and oxygen atoms in total. The highest BCUT2D eigenvalue weighted by Gasteiger charge is 2.53. The Hall–Kier alpha value is -0.930. The second-order valence-electron chi connectivity index (χ2n) is 7.19. The summed E-state index contributed by atoms with van der Waals surface area (Å²) in [7, 11) is 0. The summed E-state index contributed by atoms with van der Waals surface area (Å²) in [6.45, 7) is 4.88. The molecular formula is C18H27N3. The quantitative estimate of drug-likeness (QED) is 0.901. The summed E-state index contributed by atoms with van der Waals surface area (Å²) >= 11 is 0. The summed E-state index contributed by atoms with van der Waals surface area (Å²) in [6, 6.07) is 7.13. The Bertz CT molecular complexity index is 445. The molecule has 2 heterocycles. The van der Waals surface area contributed by atoms with Crippen molar-refractivity contribution in [2.24, 2.45) is 17.8 Å². The van der Waals surface area contributed by atoms with Gasteiger partial charge in [0.1, 0.15) is 0 Å². The lowest BCUT2D eigenvalue weighted by atomic mass is 9.93. The van der Waals surface area contributed by atoms with Crippen LogP contribution in [0.5, 0.6) is 0 Å². The van der Waals surface area contributed by atoms with Crippen molar-refractivity contribution in [3.8, 4) is 0 Å². The lowest BCUT2D eigenvalue weighted by molar-refractivity contribution is 0.135. The Morgan fingerprint density at radius 1 is 1.10 bits per heavy atom. The van der Waals surface area contributed by atoms with E-state index < -0.39 is 0 Å². The zero-order valence-corrected chi connectivity index (χ0v) is 12.9. The van der Waals surface area contributed by atoms with E-state index in [2.05, 4.69) is 27.3 Å². The SMILES string of the molecule is c1ccc(CN(CC2[C@H]3CNC[C@@H]23)C2CCCCC2)nc1. The number of aromatic nitrogens is 1. The average molecular weight is 285 g/mol. The molecule has 0 aromatic carbocycles. The van der Waals surface area contributed by atoms with Crippen molar-refractivity contribution >= 4 is 0 Å². The van der Waals surface area contributed by atoms with Gasteiger partial charge in [0.05, 0.1) is 5.69 Å². The van der Waals surface area contributed by atoms with E-state index in [0.29, 0.717) is 0 Å². The van der Waals surface area contributed by atoms with Crippen molar-refractivity contribution in [2.75, 3.05) is 19.6 Å². The van der Waals surface area contributed by atoms with Crippen LogP contribution in [0.25, 0.3) is 0 Å². The van der Waals surface area contributed by atoms with Gasteiger partial charge in [-0.15, -0.1) is 0 Å². The molecule has 2 aliphatic carbocycles. The molecule has 3 fully saturated rings. The largest absolute Gasteiger partial charge is 0.316 e. The van der Waals surface area contributed by atoms with Crippen LogP contribution in [-0.4, -0.2) is 35.6 Å². The van der Waals surface area contributed by atoms with Gasteiger partial charge in [0.15, 0.2) is 0 Å². The summed E-state index contributed by atoms with van der Waals surface area (Å²) in [5.74, 6) is 2.90. The number of piperidine rings is 1. The van der Waals surface area contributed by atoms with Crippen molar-refractivity contribution in [2.45, 2.75) is 44.7 Å². The minimum Gasteiger partial charge on any atom is -0.316 e. The van der Waals surface area contributed by atoms with Crippen molar-refractivity contribution in [1.82, 2.24) is 15.2 Å². The first-order chi connectivity index (χ1) is 10.4. The fraction of sp³-hybridized carbons (Fsp3) is 0.722. The lowest BCUT2D eigenvalue weighted by Crippen LogP contribution is -2.39. The second-order valence-corrected chi connectivity index (χ2v) is 7.19. The molecule has 1 aromatic rings. The fourth-order valence-electron chi connectivity index (χ4n) is 4.58. The van der Waals surface area contributed by atoms with Gasteiger partial charge in [0.25, 0.3) is 0 Å². The van der Waals surface area contributed by atoms with Gasteiger partial charge in [-0.2, -0.15) is 0 Å². The van der Waals surface area contributed by atoms with Crippen molar-refractivity contribution in [1.29, 1.82) is 0 Å². The van der Waals surface area contributed by atoms with E-state index in [0.717, 1.165) is 30.3 Å². The molecule has 3 aliphatic rings. The summed E-state index contributed by atoms with van der Waals surface area (Å²) in [5, 5.41) is 3.52. The van der Waals surface area contributed by atoms with Gasteiger partial charge in [0.2, 0.25) is 0 Å². The van der Waals surface area contributed by atoms with E-state index in [1.165, 1.54) is 57.4 Å². The first kappa shape index (κ1) is 13.7. The predicted molar refractivity (Wildman–Crippen MR) is 84.9 cm³/mol. The molecule has 114 valence electrons. The normalized spacial score (nSPS) is 32.3. The van der Waals surface area contributed by atoms with E-state index in [1.807, 2.05) is 12.3 Å². The maximum absolute atomic E-state index is 4.56. The number of hydrogen-bond acceptors (Lipinski definition) is 3. The third-order valence-electron chi connectivity index (χ3n) is 5.90.